The Morgan fingerprint density at radius 2 is 2.05 bits per heavy atom. The topological polar surface area (TPSA) is 71.5 Å². The summed E-state index contributed by atoms with van der Waals surface area (Å²) >= 11 is 0. The number of aromatic nitrogens is 1. The lowest BCUT2D eigenvalue weighted by Gasteiger charge is -2.20. The molecule has 1 N–H and O–H groups in total. The Kier molecular flexibility index (Phi) is 5.00. The van der Waals surface area contributed by atoms with Gasteiger partial charge in [0.05, 0.1) is 13.2 Å². The van der Waals surface area contributed by atoms with Gasteiger partial charge >= 0.3 is 6.03 Å². The second-order valence-electron chi connectivity index (χ2n) is 5.76. The molecule has 1 aliphatic heterocycles. The first kappa shape index (κ1) is 16.3. The van der Waals surface area contributed by atoms with Gasteiger partial charge in [-0.1, -0.05) is 26.3 Å². The summed E-state index contributed by atoms with van der Waals surface area (Å²) in [5, 5.41) is 2.78. The predicted molar refractivity (Wildman–Crippen MR) is 82.4 cm³/mol. The highest BCUT2D eigenvalue weighted by atomic mass is 16.5. The molecule has 22 heavy (non-hydrogen) atoms. The molecule has 1 unspecified atom stereocenters. The maximum absolute atomic E-state index is 12.4. The average Bonchev–Trinajstić information content (AvgIpc) is 2.70. The van der Waals surface area contributed by atoms with E-state index in [9.17, 15) is 9.59 Å². The van der Waals surface area contributed by atoms with E-state index in [0.717, 1.165) is 18.4 Å². The fraction of sp³-hybridized carbons (Fsp3) is 0.562. The van der Waals surface area contributed by atoms with Crippen molar-refractivity contribution in [3.63, 3.8) is 0 Å². The number of nitrogens with zero attached hydrogens (tertiary/aromatic N) is 2. The molecule has 1 aromatic rings. The fourth-order valence-electron chi connectivity index (χ4n) is 2.54. The van der Waals surface area contributed by atoms with E-state index in [1.807, 2.05) is 19.9 Å². The van der Waals surface area contributed by atoms with Crippen LogP contribution in [0.25, 0.3) is 0 Å². The van der Waals surface area contributed by atoms with Crippen LogP contribution in [0.1, 0.15) is 45.6 Å². The molecule has 0 aliphatic carbocycles. The summed E-state index contributed by atoms with van der Waals surface area (Å²) in [6.07, 6.45) is 4.03. The minimum atomic E-state index is -0.788. The summed E-state index contributed by atoms with van der Waals surface area (Å²) in [5.74, 6) is 0.379. The molecular formula is C16H23N3O3. The minimum Gasteiger partial charge on any atom is -0.478 e. The van der Waals surface area contributed by atoms with Crippen molar-refractivity contribution in [3.05, 3.63) is 23.9 Å². The highest BCUT2D eigenvalue weighted by molar-refractivity contribution is 6.06. The Balaban J connectivity index is 2.04. The van der Waals surface area contributed by atoms with Crippen LogP contribution >= 0.6 is 0 Å². The molecule has 120 valence electrons. The Morgan fingerprint density at radius 1 is 1.27 bits per heavy atom. The summed E-state index contributed by atoms with van der Waals surface area (Å²) in [6.45, 7) is 6.64. The lowest BCUT2D eigenvalue weighted by atomic mass is 9.96. The Morgan fingerprint density at radius 3 is 2.64 bits per heavy atom. The van der Waals surface area contributed by atoms with Crippen molar-refractivity contribution in [2.75, 3.05) is 6.61 Å². The summed E-state index contributed by atoms with van der Waals surface area (Å²) < 4.78 is 5.42. The predicted octanol–water partition coefficient (Wildman–Crippen LogP) is 2.48. The van der Waals surface area contributed by atoms with E-state index in [2.05, 4.69) is 10.3 Å². The first-order valence-electron chi connectivity index (χ1n) is 7.72. The second-order valence-corrected chi connectivity index (χ2v) is 5.76. The lowest BCUT2D eigenvalue weighted by molar-refractivity contribution is -0.131. The van der Waals surface area contributed by atoms with Gasteiger partial charge in [-0.05, 0) is 25.3 Å². The summed E-state index contributed by atoms with van der Waals surface area (Å²) in [7, 11) is 0. The molecule has 6 nitrogen and oxygen atoms in total. The number of pyridine rings is 1. The van der Waals surface area contributed by atoms with Gasteiger partial charge in [-0.3, -0.25) is 9.69 Å². The summed E-state index contributed by atoms with van der Waals surface area (Å²) in [6, 6.07) is 3.25. The quantitative estimate of drug-likeness (QED) is 0.786. The van der Waals surface area contributed by atoms with Crippen molar-refractivity contribution in [3.8, 4) is 5.88 Å². The van der Waals surface area contributed by atoms with Crippen molar-refractivity contribution < 1.29 is 14.3 Å². The number of ether oxygens (including phenoxy) is 1. The number of nitrogens with one attached hydrogen (secondary N) is 1. The molecule has 0 aromatic carbocycles. The van der Waals surface area contributed by atoms with E-state index >= 15 is 0 Å². The van der Waals surface area contributed by atoms with E-state index in [0.29, 0.717) is 18.9 Å². The van der Waals surface area contributed by atoms with Gasteiger partial charge in [0.1, 0.15) is 5.54 Å². The third-order valence-corrected chi connectivity index (χ3v) is 3.69. The number of rotatable bonds is 7. The van der Waals surface area contributed by atoms with Crippen LogP contribution in [0.3, 0.4) is 0 Å². The molecule has 1 aliphatic rings. The van der Waals surface area contributed by atoms with Gasteiger partial charge in [0.2, 0.25) is 5.88 Å². The third kappa shape index (κ3) is 3.37. The Hall–Kier alpha value is -2.11. The monoisotopic (exact) mass is 305 g/mol. The number of hydrogen-bond acceptors (Lipinski definition) is 4. The van der Waals surface area contributed by atoms with Crippen LogP contribution in [-0.4, -0.2) is 34.0 Å². The number of urea groups is 1. The van der Waals surface area contributed by atoms with Crippen LogP contribution in [0.2, 0.25) is 0 Å². The molecular weight excluding hydrogens is 282 g/mol. The summed E-state index contributed by atoms with van der Waals surface area (Å²) in [5.41, 5.74) is 0.0109. The van der Waals surface area contributed by atoms with Gasteiger partial charge in [-0.15, -0.1) is 0 Å². The standard InChI is InChI=1S/C16H23N3O3/c1-4-8-16(3)14(20)19(15(21)18-16)11-12-6-7-13(17-10-12)22-9-5-2/h6-7,10H,4-5,8-9,11H2,1-3H3,(H,18,21). The van der Waals surface area contributed by atoms with Gasteiger partial charge in [0.15, 0.2) is 0 Å². The minimum absolute atomic E-state index is 0.175. The molecule has 0 saturated carbocycles. The molecule has 0 bridgehead atoms. The maximum Gasteiger partial charge on any atom is 0.325 e. The van der Waals surface area contributed by atoms with E-state index in [4.69, 9.17) is 4.74 Å². The molecule has 3 amide bonds. The van der Waals surface area contributed by atoms with Gasteiger partial charge in [-0.2, -0.15) is 0 Å². The van der Waals surface area contributed by atoms with Crippen molar-refractivity contribution >= 4 is 11.9 Å². The van der Waals surface area contributed by atoms with Gasteiger partial charge < -0.3 is 10.1 Å². The van der Waals surface area contributed by atoms with Crippen molar-refractivity contribution in [2.24, 2.45) is 0 Å². The van der Waals surface area contributed by atoms with Crippen LogP contribution < -0.4 is 10.1 Å². The number of carbonyl (C=O) groups is 2. The van der Waals surface area contributed by atoms with E-state index < -0.39 is 5.54 Å². The smallest absolute Gasteiger partial charge is 0.325 e. The first-order chi connectivity index (χ1) is 10.5. The molecule has 1 aromatic heterocycles. The van der Waals surface area contributed by atoms with Gasteiger partial charge in [-0.25, -0.2) is 9.78 Å². The lowest BCUT2D eigenvalue weighted by Crippen LogP contribution is -2.43. The third-order valence-electron chi connectivity index (χ3n) is 3.69. The number of imide groups is 1. The molecule has 2 heterocycles. The molecule has 1 saturated heterocycles. The zero-order valence-corrected chi connectivity index (χ0v) is 13.4. The molecule has 2 rings (SSSR count). The molecule has 6 heteroatoms. The highest BCUT2D eigenvalue weighted by Crippen LogP contribution is 2.24. The van der Waals surface area contributed by atoms with Gasteiger partial charge in [0, 0.05) is 12.3 Å². The van der Waals surface area contributed by atoms with Crippen molar-refractivity contribution in [1.29, 1.82) is 0 Å². The van der Waals surface area contributed by atoms with E-state index in [-0.39, 0.29) is 18.5 Å². The fourth-order valence-corrected chi connectivity index (χ4v) is 2.54. The SMILES string of the molecule is CCCOc1ccc(CN2C(=O)NC(C)(CCC)C2=O)cn1. The Bertz CT molecular complexity index is 544. The molecule has 0 radical (unpaired) electrons. The van der Waals surface area contributed by atoms with Crippen LogP contribution in [0.5, 0.6) is 5.88 Å². The van der Waals surface area contributed by atoms with E-state index in [1.165, 1.54) is 4.90 Å². The van der Waals surface area contributed by atoms with Crippen molar-refractivity contribution in [2.45, 2.75) is 52.1 Å². The van der Waals surface area contributed by atoms with Gasteiger partial charge in [0.25, 0.3) is 5.91 Å². The first-order valence-corrected chi connectivity index (χ1v) is 7.72. The average molecular weight is 305 g/mol. The van der Waals surface area contributed by atoms with Crippen LogP contribution in [0, 0.1) is 0 Å². The zero-order chi connectivity index (χ0) is 16.2. The van der Waals surface area contributed by atoms with Crippen LogP contribution in [0.15, 0.2) is 18.3 Å². The summed E-state index contributed by atoms with van der Waals surface area (Å²) in [4.78, 5) is 29.9. The van der Waals surface area contributed by atoms with Crippen LogP contribution in [0.4, 0.5) is 4.79 Å². The molecule has 1 fully saturated rings. The maximum atomic E-state index is 12.4. The van der Waals surface area contributed by atoms with Crippen LogP contribution in [-0.2, 0) is 11.3 Å². The second kappa shape index (κ2) is 6.77. The molecule has 1 atom stereocenters. The number of hydrogen-bond donors (Lipinski definition) is 1. The Labute approximate surface area is 130 Å². The zero-order valence-electron chi connectivity index (χ0n) is 13.4. The van der Waals surface area contributed by atoms with Crippen molar-refractivity contribution in [1.82, 2.24) is 15.2 Å². The number of carbonyl (C=O) groups excluding carboxylic acids is 2. The normalized spacial score (nSPS) is 21.1. The largest absolute Gasteiger partial charge is 0.478 e. The van der Waals surface area contributed by atoms with E-state index in [1.54, 1.807) is 19.2 Å². The number of amides is 3. The highest BCUT2D eigenvalue weighted by Gasteiger charge is 2.46. The molecule has 0 spiro atoms.